The molecule has 92 valence electrons. The van der Waals surface area contributed by atoms with Gasteiger partial charge in [-0.15, -0.1) is 0 Å². The van der Waals surface area contributed by atoms with Crippen molar-refractivity contribution in [3.8, 4) is 0 Å². The molecule has 0 saturated heterocycles. The summed E-state index contributed by atoms with van der Waals surface area (Å²) in [6.45, 7) is 13.5. The normalized spacial score (nSPS) is 14.4. The minimum atomic E-state index is -2.20. The molecule has 0 spiro atoms. The van der Waals surface area contributed by atoms with Gasteiger partial charge >= 0.3 is 8.56 Å². The van der Waals surface area contributed by atoms with E-state index in [2.05, 4.69) is 41.5 Å². The van der Waals surface area contributed by atoms with Gasteiger partial charge < -0.3 is 8.85 Å². The molecular weight excluding hydrogens is 204 g/mol. The molecule has 0 bridgehead atoms. The Balaban J connectivity index is 5.41. The largest absolute Gasteiger partial charge is 0.397 e. The Morgan fingerprint density at radius 2 is 1.07 bits per heavy atom. The zero-order valence-corrected chi connectivity index (χ0v) is 12.7. The third-order valence-electron chi connectivity index (χ3n) is 4.12. The highest BCUT2D eigenvalue weighted by Gasteiger charge is 2.59. The fourth-order valence-electron chi connectivity index (χ4n) is 2.57. The Labute approximate surface area is 96.6 Å². The Bertz CT molecular complexity index is 178. The molecule has 0 saturated carbocycles. The molecule has 0 heterocycles. The summed E-state index contributed by atoms with van der Waals surface area (Å²) in [4.78, 5) is 0. The molecule has 0 amide bonds. The lowest BCUT2D eigenvalue weighted by Gasteiger charge is -2.50. The van der Waals surface area contributed by atoms with Crippen LogP contribution in [0.1, 0.15) is 54.4 Å². The summed E-state index contributed by atoms with van der Waals surface area (Å²) in [6.07, 6.45) is 2.18. The zero-order chi connectivity index (χ0) is 12.3. The molecule has 0 unspecified atom stereocenters. The molecule has 0 radical (unpaired) electrons. The first-order valence-electron chi connectivity index (χ1n) is 5.85. The Hall–Kier alpha value is 0.137. The maximum Gasteiger partial charge on any atom is 0.349 e. The van der Waals surface area contributed by atoms with Crippen molar-refractivity contribution < 1.29 is 8.85 Å². The van der Waals surface area contributed by atoms with Crippen LogP contribution in [0.2, 0.25) is 10.1 Å². The summed E-state index contributed by atoms with van der Waals surface area (Å²) in [5.74, 6) is 0. The van der Waals surface area contributed by atoms with Crippen LogP contribution >= 0.6 is 0 Å². The minimum Gasteiger partial charge on any atom is -0.397 e. The van der Waals surface area contributed by atoms with E-state index in [-0.39, 0.29) is 10.1 Å². The lowest BCUT2D eigenvalue weighted by Crippen LogP contribution is -2.57. The van der Waals surface area contributed by atoms with Crippen molar-refractivity contribution in [1.29, 1.82) is 0 Å². The van der Waals surface area contributed by atoms with Gasteiger partial charge in [-0.25, -0.2) is 0 Å². The third kappa shape index (κ3) is 2.29. The Morgan fingerprint density at radius 3 is 1.20 bits per heavy atom. The summed E-state index contributed by atoms with van der Waals surface area (Å²) >= 11 is 0. The Morgan fingerprint density at radius 1 is 0.800 bits per heavy atom. The second-order valence-corrected chi connectivity index (χ2v) is 10.3. The lowest BCUT2D eigenvalue weighted by molar-refractivity contribution is 0.174. The van der Waals surface area contributed by atoms with Crippen LogP contribution in [0, 0.1) is 0 Å². The van der Waals surface area contributed by atoms with Crippen LogP contribution in [0.4, 0.5) is 0 Å². The molecule has 15 heavy (non-hydrogen) atoms. The van der Waals surface area contributed by atoms with E-state index in [1.165, 1.54) is 0 Å². The predicted octanol–water partition coefficient (Wildman–Crippen LogP) is 4.10. The van der Waals surface area contributed by atoms with Crippen molar-refractivity contribution in [2.24, 2.45) is 0 Å². The number of rotatable bonds is 6. The van der Waals surface area contributed by atoms with Crippen molar-refractivity contribution in [3.63, 3.8) is 0 Å². The topological polar surface area (TPSA) is 18.5 Å². The molecule has 0 aromatic carbocycles. The Kier molecular flexibility index (Phi) is 5.02. The molecule has 0 aliphatic rings. The summed E-state index contributed by atoms with van der Waals surface area (Å²) in [5, 5.41) is 0.270. The van der Waals surface area contributed by atoms with Crippen molar-refractivity contribution in [3.05, 3.63) is 0 Å². The van der Waals surface area contributed by atoms with Gasteiger partial charge in [-0.2, -0.15) is 0 Å². The van der Waals surface area contributed by atoms with Gasteiger partial charge in [0, 0.05) is 24.3 Å². The molecule has 0 N–H and O–H groups in total. The highest BCUT2D eigenvalue weighted by Crippen LogP contribution is 2.55. The van der Waals surface area contributed by atoms with E-state index in [0.29, 0.717) is 0 Å². The standard InChI is InChI=1S/C12H28O2Si/c1-9-11(3,4)15(13-7,14-8)12(5,6)10-2/h9-10H2,1-8H3. The lowest BCUT2D eigenvalue weighted by atomic mass is 10.1. The van der Waals surface area contributed by atoms with Crippen LogP contribution in [0.3, 0.4) is 0 Å². The molecule has 0 aromatic heterocycles. The monoisotopic (exact) mass is 232 g/mol. The number of hydrogen-bond acceptors (Lipinski definition) is 2. The third-order valence-corrected chi connectivity index (χ3v) is 9.55. The van der Waals surface area contributed by atoms with Crippen LogP contribution < -0.4 is 0 Å². The van der Waals surface area contributed by atoms with E-state index in [0.717, 1.165) is 12.8 Å². The van der Waals surface area contributed by atoms with Crippen LogP contribution in [-0.4, -0.2) is 22.8 Å². The number of hydrogen-bond donors (Lipinski definition) is 0. The molecule has 0 rings (SSSR count). The fraction of sp³-hybridized carbons (Fsp3) is 1.00. The van der Waals surface area contributed by atoms with E-state index < -0.39 is 8.56 Å². The van der Waals surface area contributed by atoms with Crippen molar-refractivity contribution >= 4 is 8.56 Å². The van der Waals surface area contributed by atoms with E-state index in [1.54, 1.807) is 0 Å². The highest BCUT2D eigenvalue weighted by atomic mass is 28.4. The summed E-state index contributed by atoms with van der Waals surface area (Å²) in [7, 11) is 1.42. The summed E-state index contributed by atoms with van der Waals surface area (Å²) in [6, 6.07) is 0. The van der Waals surface area contributed by atoms with Crippen LogP contribution in [-0.2, 0) is 8.85 Å². The molecular formula is C12H28O2Si. The average molecular weight is 232 g/mol. The minimum absolute atomic E-state index is 0.135. The molecule has 2 nitrogen and oxygen atoms in total. The van der Waals surface area contributed by atoms with Crippen LogP contribution in [0.25, 0.3) is 0 Å². The molecule has 0 fully saturated rings. The quantitative estimate of drug-likeness (QED) is 0.642. The molecule has 0 aliphatic carbocycles. The van der Waals surface area contributed by atoms with E-state index >= 15 is 0 Å². The van der Waals surface area contributed by atoms with E-state index in [1.807, 2.05) is 14.2 Å². The van der Waals surface area contributed by atoms with Gasteiger partial charge in [-0.05, 0) is 12.8 Å². The first-order valence-corrected chi connectivity index (χ1v) is 7.66. The van der Waals surface area contributed by atoms with E-state index in [4.69, 9.17) is 8.85 Å². The van der Waals surface area contributed by atoms with Gasteiger partial charge in [0.2, 0.25) is 0 Å². The average Bonchev–Trinajstić information content (AvgIpc) is 2.19. The van der Waals surface area contributed by atoms with Gasteiger partial charge in [-0.1, -0.05) is 41.5 Å². The van der Waals surface area contributed by atoms with E-state index in [9.17, 15) is 0 Å². The highest BCUT2D eigenvalue weighted by molar-refractivity contribution is 6.73. The smallest absolute Gasteiger partial charge is 0.349 e. The van der Waals surface area contributed by atoms with Crippen molar-refractivity contribution in [1.82, 2.24) is 0 Å². The first-order chi connectivity index (χ1) is 6.74. The van der Waals surface area contributed by atoms with Gasteiger partial charge in [0.15, 0.2) is 0 Å². The van der Waals surface area contributed by atoms with Gasteiger partial charge in [0.1, 0.15) is 0 Å². The van der Waals surface area contributed by atoms with Crippen LogP contribution in [0.5, 0.6) is 0 Å². The SMILES string of the molecule is CCC(C)(C)[Si](OC)(OC)C(C)(C)CC. The molecule has 0 aliphatic heterocycles. The van der Waals surface area contributed by atoms with Crippen molar-refractivity contribution in [2.75, 3.05) is 14.2 Å². The molecule has 3 heteroatoms. The summed E-state index contributed by atoms with van der Waals surface area (Å²) in [5.41, 5.74) is 0. The zero-order valence-electron chi connectivity index (χ0n) is 11.7. The maximum absolute atomic E-state index is 5.92. The van der Waals surface area contributed by atoms with Gasteiger partial charge in [-0.3, -0.25) is 0 Å². The van der Waals surface area contributed by atoms with Gasteiger partial charge in [0.05, 0.1) is 0 Å². The predicted molar refractivity (Wildman–Crippen MR) is 68.4 cm³/mol. The second kappa shape index (κ2) is 4.98. The van der Waals surface area contributed by atoms with Crippen molar-refractivity contribution in [2.45, 2.75) is 64.5 Å². The first kappa shape index (κ1) is 15.1. The fourth-order valence-corrected chi connectivity index (χ4v) is 7.71. The van der Waals surface area contributed by atoms with Crippen LogP contribution in [0.15, 0.2) is 0 Å². The van der Waals surface area contributed by atoms with Gasteiger partial charge in [0.25, 0.3) is 0 Å². The maximum atomic E-state index is 5.92. The molecule has 0 aromatic rings. The second-order valence-electron chi connectivity index (χ2n) is 5.50. The molecule has 0 atom stereocenters. The summed E-state index contributed by atoms with van der Waals surface area (Å²) < 4.78 is 11.8.